The fourth-order valence-electron chi connectivity index (χ4n) is 2.86. The van der Waals surface area contributed by atoms with Crippen molar-refractivity contribution >= 4 is 0 Å². The molecular weight excluding hydrogens is 126 g/mol. The van der Waals surface area contributed by atoms with Crippen LogP contribution in [0.3, 0.4) is 0 Å². The Hall–Kier alpha value is -0.0800. The molecule has 10 heavy (non-hydrogen) atoms. The first-order chi connectivity index (χ1) is 4.93. The van der Waals surface area contributed by atoms with Gasteiger partial charge in [-0.2, -0.15) is 0 Å². The van der Waals surface area contributed by atoms with E-state index in [1.54, 1.807) is 0 Å². The molecule has 2 heterocycles. The molecule has 3 rings (SSSR count). The number of hydrogen-bond acceptors (Lipinski definition) is 2. The highest BCUT2D eigenvalue weighted by atomic mass is 16.5. The van der Waals surface area contributed by atoms with Gasteiger partial charge in [-0.25, -0.2) is 0 Å². The van der Waals surface area contributed by atoms with Crippen molar-refractivity contribution < 1.29 is 4.74 Å². The molecular formula is C8H13NO. The first-order valence-electron chi connectivity index (χ1n) is 4.29. The van der Waals surface area contributed by atoms with E-state index in [4.69, 9.17) is 4.74 Å². The van der Waals surface area contributed by atoms with Crippen molar-refractivity contribution in [1.82, 2.24) is 5.32 Å². The minimum atomic E-state index is 0.581. The van der Waals surface area contributed by atoms with Gasteiger partial charge in [0.15, 0.2) is 0 Å². The lowest BCUT2D eigenvalue weighted by molar-refractivity contribution is -0.0338. The van der Waals surface area contributed by atoms with Gasteiger partial charge in [-0.1, -0.05) is 0 Å². The maximum absolute atomic E-state index is 5.77. The lowest BCUT2D eigenvalue weighted by Crippen LogP contribution is -2.46. The minimum absolute atomic E-state index is 0.581. The summed E-state index contributed by atoms with van der Waals surface area (Å²) in [7, 11) is 0. The van der Waals surface area contributed by atoms with Gasteiger partial charge < -0.3 is 10.1 Å². The third-order valence-electron chi connectivity index (χ3n) is 3.30. The van der Waals surface area contributed by atoms with E-state index in [2.05, 4.69) is 5.32 Å². The predicted octanol–water partition coefficient (Wildman–Crippen LogP) is 0.383. The number of ether oxygens (including phenoxy) is 1. The van der Waals surface area contributed by atoms with Crippen LogP contribution in [-0.2, 0) is 4.74 Å². The van der Waals surface area contributed by atoms with Crippen LogP contribution in [0, 0.1) is 11.8 Å². The number of piperidine rings is 1. The summed E-state index contributed by atoms with van der Waals surface area (Å²) in [4.78, 5) is 0. The zero-order valence-electron chi connectivity index (χ0n) is 6.05. The van der Waals surface area contributed by atoms with Crippen molar-refractivity contribution in [2.45, 2.75) is 25.0 Å². The van der Waals surface area contributed by atoms with Gasteiger partial charge in [0, 0.05) is 6.54 Å². The molecule has 1 N–H and O–H groups in total. The number of fused-ring (bicyclic) bond motifs is 1. The van der Waals surface area contributed by atoms with Crippen molar-refractivity contribution in [2.75, 3.05) is 13.1 Å². The van der Waals surface area contributed by atoms with Gasteiger partial charge in [0.2, 0.25) is 0 Å². The molecule has 2 nitrogen and oxygen atoms in total. The van der Waals surface area contributed by atoms with Gasteiger partial charge in [0.05, 0.1) is 12.2 Å². The summed E-state index contributed by atoms with van der Waals surface area (Å²) >= 11 is 0. The van der Waals surface area contributed by atoms with E-state index >= 15 is 0 Å². The fraction of sp³-hybridized carbons (Fsp3) is 1.00. The van der Waals surface area contributed by atoms with Crippen molar-refractivity contribution in [2.24, 2.45) is 11.8 Å². The van der Waals surface area contributed by atoms with Crippen LogP contribution in [-0.4, -0.2) is 25.3 Å². The Kier molecular flexibility index (Phi) is 0.968. The van der Waals surface area contributed by atoms with Gasteiger partial charge >= 0.3 is 0 Å². The standard InChI is InChI=1S/C8H13NO/c1-5-3-9-4-8-7(5)2-6(1)10-8/h5-9H,1-4H2. The number of nitrogens with one attached hydrogen (secondary N) is 1. The molecule has 2 bridgehead atoms. The van der Waals surface area contributed by atoms with Gasteiger partial charge in [-0.3, -0.25) is 0 Å². The SMILES string of the molecule is C1NCC2OC3CC1C2C3. The van der Waals surface area contributed by atoms with Crippen LogP contribution in [0.25, 0.3) is 0 Å². The van der Waals surface area contributed by atoms with Crippen molar-refractivity contribution in [3.8, 4) is 0 Å². The summed E-state index contributed by atoms with van der Waals surface area (Å²) in [6.45, 7) is 2.36. The molecule has 0 radical (unpaired) electrons. The third kappa shape index (κ3) is 0.565. The van der Waals surface area contributed by atoms with E-state index in [1.165, 1.54) is 19.4 Å². The zero-order chi connectivity index (χ0) is 6.55. The Bertz CT molecular complexity index is 143. The monoisotopic (exact) mass is 139 g/mol. The second-order valence-corrected chi connectivity index (χ2v) is 3.85. The van der Waals surface area contributed by atoms with E-state index in [-0.39, 0.29) is 0 Å². The molecule has 0 aromatic rings. The average Bonchev–Trinajstić information content (AvgIpc) is 2.40. The Balaban J connectivity index is 1.91. The van der Waals surface area contributed by atoms with Crippen LogP contribution in [0.15, 0.2) is 0 Å². The van der Waals surface area contributed by atoms with Crippen molar-refractivity contribution in [3.63, 3.8) is 0 Å². The van der Waals surface area contributed by atoms with Crippen LogP contribution in [0.5, 0.6) is 0 Å². The molecule has 0 aromatic heterocycles. The number of hydrogen-bond donors (Lipinski definition) is 1. The zero-order valence-corrected chi connectivity index (χ0v) is 6.05. The summed E-state index contributed by atoms with van der Waals surface area (Å²) in [5.74, 6) is 1.88. The largest absolute Gasteiger partial charge is 0.373 e. The third-order valence-corrected chi connectivity index (χ3v) is 3.30. The second-order valence-electron chi connectivity index (χ2n) is 3.85. The van der Waals surface area contributed by atoms with E-state index in [0.717, 1.165) is 18.4 Å². The Morgan fingerprint density at radius 1 is 1.20 bits per heavy atom. The normalized spacial score (nSPS) is 57.6. The summed E-state index contributed by atoms with van der Waals surface area (Å²) in [6, 6.07) is 0. The summed E-state index contributed by atoms with van der Waals surface area (Å²) in [5.41, 5.74) is 0. The van der Waals surface area contributed by atoms with E-state index in [9.17, 15) is 0 Å². The van der Waals surface area contributed by atoms with Gasteiger partial charge in [-0.15, -0.1) is 0 Å². The summed E-state index contributed by atoms with van der Waals surface area (Å²) in [6.07, 6.45) is 3.91. The highest BCUT2D eigenvalue weighted by Crippen LogP contribution is 2.45. The van der Waals surface area contributed by atoms with Gasteiger partial charge in [-0.05, 0) is 31.2 Å². The Morgan fingerprint density at radius 2 is 2.20 bits per heavy atom. The van der Waals surface area contributed by atoms with Crippen molar-refractivity contribution in [1.29, 1.82) is 0 Å². The molecule has 1 saturated carbocycles. The van der Waals surface area contributed by atoms with Crippen LogP contribution < -0.4 is 5.32 Å². The topological polar surface area (TPSA) is 21.3 Å². The number of rotatable bonds is 0. The molecule has 0 aromatic carbocycles. The molecule has 3 fully saturated rings. The van der Waals surface area contributed by atoms with Crippen molar-refractivity contribution in [3.05, 3.63) is 0 Å². The van der Waals surface area contributed by atoms with E-state index < -0.39 is 0 Å². The summed E-state index contributed by atoms with van der Waals surface area (Å²) < 4.78 is 5.77. The molecule has 3 aliphatic rings. The average molecular weight is 139 g/mol. The van der Waals surface area contributed by atoms with E-state index in [0.29, 0.717) is 12.2 Å². The maximum atomic E-state index is 5.77. The van der Waals surface area contributed by atoms with Crippen LogP contribution >= 0.6 is 0 Å². The van der Waals surface area contributed by atoms with E-state index in [1.807, 2.05) is 0 Å². The molecule has 2 saturated heterocycles. The van der Waals surface area contributed by atoms with Crippen LogP contribution in [0.1, 0.15) is 12.8 Å². The minimum Gasteiger partial charge on any atom is -0.373 e. The first kappa shape index (κ1) is 5.56. The lowest BCUT2D eigenvalue weighted by Gasteiger charge is -2.34. The highest BCUT2D eigenvalue weighted by molar-refractivity contribution is 4.99. The molecule has 0 amide bonds. The Labute approximate surface area is 60.9 Å². The molecule has 56 valence electrons. The molecule has 2 aliphatic heterocycles. The van der Waals surface area contributed by atoms with Crippen LogP contribution in [0.2, 0.25) is 0 Å². The molecule has 4 atom stereocenters. The molecule has 0 spiro atoms. The molecule has 2 heteroatoms. The quantitative estimate of drug-likeness (QED) is 0.524. The Morgan fingerprint density at radius 3 is 2.90 bits per heavy atom. The highest BCUT2D eigenvalue weighted by Gasteiger charge is 2.48. The predicted molar refractivity (Wildman–Crippen MR) is 37.7 cm³/mol. The lowest BCUT2D eigenvalue weighted by atomic mass is 9.87. The molecule has 1 aliphatic carbocycles. The van der Waals surface area contributed by atoms with Gasteiger partial charge in [0.25, 0.3) is 0 Å². The van der Waals surface area contributed by atoms with Gasteiger partial charge in [0.1, 0.15) is 0 Å². The second kappa shape index (κ2) is 1.74. The molecule has 4 unspecified atom stereocenters. The maximum Gasteiger partial charge on any atom is 0.0735 e. The fourth-order valence-corrected chi connectivity index (χ4v) is 2.86. The first-order valence-corrected chi connectivity index (χ1v) is 4.29. The smallest absolute Gasteiger partial charge is 0.0735 e. The summed E-state index contributed by atoms with van der Waals surface area (Å²) in [5, 5.41) is 3.42. The van der Waals surface area contributed by atoms with Crippen LogP contribution in [0.4, 0.5) is 0 Å².